The van der Waals surface area contributed by atoms with E-state index in [9.17, 15) is 0 Å². The number of benzene rings is 8. The minimum Gasteiger partial charge on any atom is -0.0622 e. The van der Waals surface area contributed by atoms with Crippen molar-refractivity contribution in [2.24, 2.45) is 0 Å². The Morgan fingerprint density at radius 1 is 0.205 bits per heavy atom. The predicted octanol–water partition coefficient (Wildman–Crippen LogP) is 12.3. The third-order valence-corrected chi connectivity index (χ3v) is 8.67. The molecule has 0 aliphatic heterocycles. The first kappa shape index (κ1) is 25.9. The summed E-state index contributed by atoms with van der Waals surface area (Å²) in [4.78, 5) is 0. The van der Waals surface area contributed by atoms with Crippen molar-refractivity contribution in [3.63, 3.8) is 0 Å². The smallest absolute Gasteiger partial charge is 0.00199 e. The van der Waals surface area contributed by atoms with Crippen molar-refractivity contribution < 1.29 is 0 Å². The van der Waals surface area contributed by atoms with Gasteiger partial charge >= 0.3 is 0 Å². The van der Waals surface area contributed by atoms with Gasteiger partial charge in [-0.15, -0.1) is 0 Å². The van der Waals surface area contributed by atoms with E-state index in [0.29, 0.717) is 0 Å². The number of hydrogen-bond donors (Lipinski definition) is 0. The molecule has 0 saturated heterocycles. The van der Waals surface area contributed by atoms with Crippen LogP contribution in [0.3, 0.4) is 0 Å². The molecule has 0 unspecified atom stereocenters. The van der Waals surface area contributed by atoms with Crippen molar-refractivity contribution in [1.82, 2.24) is 0 Å². The minimum absolute atomic E-state index is 1.21. The van der Waals surface area contributed by atoms with Crippen LogP contribution in [0.5, 0.6) is 0 Å². The number of rotatable bonds is 5. The zero-order chi connectivity index (χ0) is 29.3. The van der Waals surface area contributed by atoms with Crippen molar-refractivity contribution in [2.45, 2.75) is 0 Å². The van der Waals surface area contributed by atoms with Gasteiger partial charge in [-0.1, -0.05) is 170 Å². The molecule has 8 aromatic carbocycles. The van der Waals surface area contributed by atoms with Gasteiger partial charge in [0.05, 0.1) is 0 Å². The molecule has 0 bridgehead atoms. The van der Waals surface area contributed by atoms with Crippen LogP contribution in [0, 0.1) is 0 Å². The second kappa shape index (κ2) is 11.2. The minimum atomic E-state index is 1.21. The SMILES string of the molecule is c1ccc(-c2cccc(-c3ccc(-c4ccccc4)c(-c4c5ccccc5c(-c5ccccc5)c5ccccc45)c3)c2)cc1. The molecule has 0 amide bonds. The lowest BCUT2D eigenvalue weighted by molar-refractivity contribution is 1.57. The quantitative estimate of drug-likeness (QED) is 0.184. The van der Waals surface area contributed by atoms with E-state index in [2.05, 4.69) is 182 Å². The molecule has 0 heteroatoms. The molecule has 0 radical (unpaired) electrons. The topological polar surface area (TPSA) is 0 Å². The molecule has 44 heavy (non-hydrogen) atoms. The summed E-state index contributed by atoms with van der Waals surface area (Å²) in [6.45, 7) is 0. The van der Waals surface area contributed by atoms with Crippen LogP contribution >= 0.6 is 0 Å². The Labute approximate surface area is 258 Å². The Balaban J connectivity index is 1.44. The van der Waals surface area contributed by atoms with E-state index in [0.717, 1.165) is 0 Å². The summed E-state index contributed by atoms with van der Waals surface area (Å²) in [6.07, 6.45) is 0. The van der Waals surface area contributed by atoms with Crippen molar-refractivity contribution in [1.29, 1.82) is 0 Å². The highest BCUT2D eigenvalue weighted by Crippen LogP contribution is 2.47. The summed E-state index contributed by atoms with van der Waals surface area (Å²) < 4.78 is 0. The van der Waals surface area contributed by atoms with Crippen LogP contribution in [0.15, 0.2) is 182 Å². The Morgan fingerprint density at radius 3 is 1.18 bits per heavy atom. The molecule has 0 spiro atoms. The summed E-state index contributed by atoms with van der Waals surface area (Å²) >= 11 is 0. The van der Waals surface area contributed by atoms with Crippen molar-refractivity contribution in [3.8, 4) is 55.6 Å². The van der Waals surface area contributed by atoms with Gasteiger partial charge in [-0.25, -0.2) is 0 Å². The molecule has 206 valence electrons. The molecule has 0 aliphatic rings. The lowest BCUT2D eigenvalue weighted by Gasteiger charge is -2.20. The molecule has 0 saturated carbocycles. The van der Waals surface area contributed by atoms with E-state index in [4.69, 9.17) is 0 Å². The van der Waals surface area contributed by atoms with E-state index < -0.39 is 0 Å². The maximum absolute atomic E-state index is 2.41. The van der Waals surface area contributed by atoms with Gasteiger partial charge in [-0.2, -0.15) is 0 Å². The molecular formula is C44H30. The average molecular weight is 559 g/mol. The maximum Gasteiger partial charge on any atom is -0.00199 e. The van der Waals surface area contributed by atoms with E-state index in [-0.39, 0.29) is 0 Å². The Bertz CT molecular complexity index is 2190. The lowest BCUT2D eigenvalue weighted by Crippen LogP contribution is -1.93. The Hall–Kier alpha value is -5.72. The highest BCUT2D eigenvalue weighted by molar-refractivity contribution is 6.22. The molecule has 8 aromatic rings. The third-order valence-electron chi connectivity index (χ3n) is 8.67. The second-order valence-corrected chi connectivity index (χ2v) is 11.3. The fourth-order valence-electron chi connectivity index (χ4n) is 6.64. The highest BCUT2D eigenvalue weighted by atomic mass is 14.2. The van der Waals surface area contributed by atoms with Gasteiger partial charge in [0.15, 0.2) is 0 Å². The van der Waals surface area contributed by atoms with E-state index >= 15 is 0 Å². The maximum atomic E-state index is 2.41. The normalized spacial score (nSPS) is 11.2. The summed E-state index contributed by atoms with van der Waals surface area (Å²) in [6, 6.07) is 65.9. The fraction of sp³-hybridized carbons (Fsp3) is 0. The van der Waals surface area contributed by atoms with Gasteiger partial charge in [-0.3, -0.25) is 0 Å². The first-order valence-corrected chi connectivity index (χ1v) is 15.2. The van der Waals surface area contributed by atoms with Crippen LogP contribution in [0.1, 0.15) is 0 Å². The van der Waals surface area contributed by atoms with E-state index in [1.54, 1.807) is 0 Å². The molecule has 0 fully saturated rings. The van der Waals surface area contributed by atoms with Crippen molar-refractivity contribution in [3.05, 3.63) is 182 Å². The Kier molecular flexibility index (Phi) is 6.59. The van der Waals surface area contributed by atoms with Gasteiger partial charge in [0.25, 0.3) is 0 Å². The summed E-state index contributed by atoms with van der Waals surface area (Å²) in [7, 11) is 0. The largest absolute Gasteiger partial charge is 0.0622 e. The lowest BCUT2D eigenvalue weighted by atomic mass is 9.83. The molecule has 8 rings (SSSR count). The van der Waals surface area contributed by atoms with Crippen LogP contribution < -0.4 is 0 Å². The second-order valence-electron chi connectivity index (χ2n) is 11.3. The molecular weight excluding hydrogens is 528 g/mol. The summed E-state index contributed by atoms with van der Waals surface area (Å²) in [5.41, 5.74) is 12.4. The van der Waals surface area contributed by atoms with Gasteiger partial charge in [-0.05, 0) is 89.3 Å². The van der Waals surface area contributed by atoms with E-state index in [1.807, 2.05) is 0 Å². The summed E-state index contributed by atoms with van der Waals surface area (Å²) in [5, 5.41) is 5.06. The predicted molar refractivity (Wildman–Crippen MR) is 189 cm³/mol. The molecule has 0 atom stereocenters. The highest BCUT2D eigenvalue weighted by Gasteiger charge is 2.19. The molecule has 0 aromatic heterocycles. The number of fused-ring (bicyclic) bond motifs is 2. The number of hydrogen-bond acceptors (Lipinski definition) is 0. The van der Waals surface area contributed by atoms with Crippen LogP contribution in [0.2, 0.25) is 0 Å². The van der Waals surface area contributed by atoms with Crippen molar-refractivity contribution >= 4 is 21.5 Å². The molecule has 0 aliphatic carbocycles. The van der Waals surface area contributed by atoms with Crippen LogP contribution in [0.25, 0.3) is 77.2 Å². The van der Waals surface area contributed by atoms with Crippen molar-refractivity contribution in [2.75, 3.05) is 0 Å². The molecule has 0 heterocycles. The van der Waals surface area contributed by atoms with Gasteiger partial charge < -0.3 is 0 Å². The van der Waals surface area contributed by atoms with Gasteiger partial charge in [0.1, 0.15) is 0 Å². The summed E-state index contributed by atoms with van der Waals surface area (Å²) in [5.74, 6) is 0. The molecule has 0 nitrogen and oxygen atoms in total. The van der Waals surface area contributed by atoms with Crippen LogP contribution in [0.4, 0.5) is 0 Å². The van der Waals surface area contributed by atoms with Gasteiger partial charge in [0, 0.05) is 0 Å². The third kappa shape index (κ3) is 4.58. The van der Waals surface area contributed by atoms with Crippen LogP contribution in [-0.2, 0) is 0 Å². The zero-order valence-electron chi connectivity index (χ0n) is 24.3. The molecule has 0 N–H and O–H groups in total. The first-order chi connectivity index (χ1) is 21.8. The van der Waals surface area contributed by atoms with Crippen LogP contribution in [-0.4, -0.2) is 0 Å². The van der Waals surface area contributed by atoms with E-state index in [1.165, 1.54) is 77.2 Å². The Morgan fingerprint density at radius 2 is 0.614 bits per heavy atom. The average Bonchev–Trinajstić information content (AvgIpc) is 3.11. The fourth-order valence-corrected chi connectivity index (χ4v) is 6.64. The standard InChI is InChI=1S/C44H30/c1-4-15-31(16-5-1)34-21-14-22-35(29-34)36-27-28-37(32-17-6-2-7-18-32)42(30-36)44-40-25-12-10-23-38(40)43(33-19-8-3-9-20-33)39-24-11-13-26-41(39)44/h1-30H. The zero-order valence-corrected chi connectivity index (χ0v) is 24.3. The van der Waals surface area contributed by atoms with Gasteiger partial charge in [0.2, 0.25) is 0 Å². The monoisotopic (exact) mass is 558 g/mol. The first-order valence-electron chi connectivity index (χ1n) is 15.2.